The number of halogens is 1. The lowest BCUT2D eigenvalue weighted by atomic mass is 9.93. The smallest absolute Gasteiger partial charge is 0.223 e. The molecule has 1 saturated heterocycles. The molecule has 1 unspecified atom stereocenters. The molecule has 2 aromatic carbocycles. The number of pyridine rings is 1. The molecule has 0 aliphatic carbocycles. The Morgan fingerprint density at radius 1 is 1.20 bits per heavy atom. The summed E-state index contributed by atoms with van der Waals surface area (Å²) in [5, 5.41) is 4.14. The van der Waals surface area contributed by atoms with E-state index in [1.165, 1.54) is 11.6 Å². The summed E-state index contributed by atoms with van der Waals surface area (Å²) in [6.45, 7) is 6.08. The van der Waals surface area contributed by atoms with Crippen molar-refractivity contribution in [1.82, 2.24) is 15.2 Å². The van der Waals surface area contributed by atoms with E-state index < -0.39 is 0 Å². The molecular formula is C25H28FN3O. The fourth-order valence-corrected chi connectivity index (χ4v) is 4.29. The van der Waals surface area contributed by atoms with E-state index in [0.29, 0.717) is 12.1 Å². The van der Waals surface area contributed by atoms with Gasteiger partial charge in [-0.3, -0.25) is 14.7 Å². The Labute approximate surface area is 177 Å². The number of fused-ring (bicyclic) bond motifs is 1. The standard InChI is InChI=1S/C25H28FN3O/c1-17-8-9-19(15-23(17)26)16-28-25(30)21-10-13-29(14-11-21)18(2)22-7-3-5-20-6-4-12-27-24(20)22/h3-9,12,15,18,21H,10-11,13-14,16H2,1-2H3,(H,28,30). The number of rotatable bonds is 5. The van der Waals surface area contributed by atoms with Gasteiger partial charge in [-0.15, -0.1) is 0 Å². The molecule has 1 amide bonds. The third kappa shape index (κ3) is 4.36. The molecule has 1 aliphatic rings. The molecule has 4 nitrogen and oxygen atoms in total. The Balaban J connectivity index is 1.34. The lowest BCUT2D eigenvalue weighted by Gasteiger charge is -2.36. The van der Waals surface area contributed by atoms with Crippen LogP contribution in [0.25, 0.3) is 10.9 Å². The molecular weight excluding hydrogens is 377 g/mol. The second kappa shape index (κ2) is 8.92. The minimum absolute atomic E-state index is 0.00869. The van der Waals surface area contributed by atoms with Crippen LogP contribution in [0.5, 0.6) is 0 Å². The van der Waals surface area contributed by atoms with E-state index in [2.05, 4.69) is 46.4 Å². The Morgan fingerprint density at radius 3 is 2.73 bits per heavy atom. The first kappa shape index (κ1) is 20.5. The minimum atomic E-state index is -0.230. The molecule has 156 valence electrons. The van der Waals surface area contributed by atoms with Gasteiger partial charge in [0.1, 0.15) is 5.82 Å². The quantitative estimate of drug-likeness (QED) is 0.665. The van der Waals surface area contributed by atoms with Gasteiger partial charge in [-0.2, -0.15) is 0 Å². The maximum Gasteiger partial charge on any atom is 0.223 e. The number of nitrogens with one attached hydrogen (secondary N) is 1. The van der Waals surface area contributed by atoms with Gasteiger partial charge in [0.05, 0.1) is 5.52 Å². The zero-order valence-corrected chi connectivity index (χ0v) is 17.6. The molecule has 1 aliphatic heterocycles. The fraction of sp³-hybridized carbons (Fsp3) is 0.360. The van der Waals surface area contributed by atoms with E-state index in [9.17, 15) is 9.18 Å². The maximum atomic E-state index is 13.7. The van der Waals surface area contributed by atoms with Crippen molar-refractivity contribution < 1.29 is 9.18 Å². The highest BCUT2D eigenvalue weighted by Crippen LogP contribution is 2.30. The summed E-state index contributed by atoms with van der Waals surface area (Å²) in [7, 11) is 0. The number of aryl methyl sites for hydroxylation is 1. The van der Waals surface area contributed by atoms with E-state index >= 15 is 0 Å². The van der Waals surface area contributed by atoms with Crippen molar-refractivity contribution in [1.29, 1.82) is 0 Å². The number of carbonyl (C=O) groups excluding carboxylic acids is 1. The van der Waals surface area contributed by atoms with Crippen LogP contribution in [0.15, 0.2) is 54.7 Å². The van der Waals surface area contributed by atoms with Gasteiger partial charge in [0.2, 0.25) is 5.91 Å². The summed E-state index contributed by atoms with van der Waals surface area (Å²) in [6.07, 6.45) is 3.50. The zero-order chi connectivity index (χ0) is 21.1. The van der Waals surface area contributed by atoms with Crippen molar-refractivity contribution in [3.8, 4) is 0 Å². The molecule has 1 aromatic heterocycles. The van der Waals surface area contributed by atoms with Crippen LogP contribution in [0.3, 0.4) is 0 Å². The molecule has 0 saturated carbocycles. The van der Waals surface area contributed by atoms with Crippen LogP contribution in [-0.2, 0) is 11.3 Å². The van der Waals surface area contributed by atoms with Crippen LogP contribution >= 0.6 is 0 Å². The van der Waals surface area contributed by atoms with Crippen molar-refractivity contribution in [3.63, 3.8) is 0 Å². The van der Waals surface area contributed by atoms with Gasteiger partial charge in [0.25, 0.3) is 0 Å². The largest absolute Gasteiger partial charge is 0.352 e. The van der Waals surface area contributed by atoms with Crippen LogP contribution in [0, 0.1) is 18.7 Å². The van der Waals surface area contributed by atoms with E-state index in [0.717, 1.165) is 42.4 Å². The third-order valence-electron chi connectivity index (χ3n) is 6.27. The first-order valence-electron chi connectivity index (χ1n) is 10.6. The SMILES string of the molecule is Cc1ccc(CNC(=O)C2CCN(C(C)c3cccc4cccnc34)CC2)cc1F. The highest BCUT2D eigenvalue weighted by molar-refractivity contribution is 5.82. The molecule has 0 radical (unpaired) electrons. The lowest BCUT2D eigenvalue weighted by Crippen LogP contribution is -2.41. The number of piperidine rings is 1. The number of hydrogen-bond donors (Lipinski definition) is 1. The normalized spacial score (nSPS) is 16.5. The first-order chi connectivity index (χ1) is 14.5. The first-order valence-corrected chi connectivity index (χ1v) is 10.6. The van der Waals surface area contributed by atoms with Gasteiger partial charge in [0.15, 0.2) is 0 Å². The molecule has 5 heteroatoms. The maximum absolute atomic E-state index is 13.7. The Bertz CT molecular complexity index is 1040. The molecule has 30 heavy (non-hydrogen) atoms. The van der Waals surface area contributed by atoms with Crippen LogP contribution in [0.1, 0.15) is 42.5 Å². The second-order valence-electron chi connectivity index (χ2n) is 8.21. The number of carbonyl (C=O) groups is 1. The van der Waals surface area contributed by atoms with Gasteiger partial charge >= 0.3 is 0 Å². The average molecular weight is 406 g/mol. The van der Waals surface area contributed by atoms with Crippen LogP contribution < -0.4 is 5.32 Å². The van der Waals surface area contributed by atoms with Gasteiger partial charge < -0.3 is 5.32 Å². The topological polar surface area (TPSA) is 45.2 Å². The minimum Gasteiger partial charge on any atom is -0.352 e. The summed E-state index contributed by atoms with van der Waals surface area (Å²) in [4.78, 5) is 19.6. The number of aromatic nitrogens is 1. The monoisotopic (exact) mass is 405 g/mol. The van der Waals surface area contributed by atoms with Crippen LogP contribution in [-0.4, -0.2) is 28.9 Å². The Hall–Kier alpha value is -2.79. The molecule has 0 bridgehead atoms. The number of benzene rings is 2. The van der Waals surface area contributed by atoms with Crippen LogP contribution in [0.2, 0.25) is 0 Å². The van der Waals surface area contributed by atoms with E-state index in [1.807, 2.05) is 18.3 Å². The van der Waals surface area contributed by atoms with Crippen molar-refractivity contribution >= 4 is 16.8 Å². The molecule has 1 atom stereocenters. The summed E-state index contributed by atoms with van der Waals surface area (Å²) in [5.41, 5.74) is 3.70. The highest BCUT2D eigenvalue weighted by Gasteiger charge is 2.28. The van der Waals surface area contributed by atoms with E-state index in [4.69, 9.17) is 0 Å². The zero-order valence-electron chi connectivity index (χ0n) is 17.6. The Morgan fingerprint density at radius 2 is 1.97 bits per heavy atom. The summed E-state index contributed by atoms with van der Waals surface area (Å²) in [6, 6.07) is 15.8. The summed E-state index contributed by atoms with van der Waals surface area (Å²) < 4.78 is 13.7. The predicted molar refractivity (Wildman–Crippen MR) is 117 cm³/mol. The van der Waals surface area contributed by atoms with Crippen molar-refractivity contribution in [2.75, 3.05) is 13.1 Å². The van der Waals surface area contributed by atoms with Crippen LogP contribution in [0.4, 0.5) is 4.39 Å². The van der Waals surface area contributed by atoms with Gasteiger partial charge in [-0.05, 0) is 68.6 Å². The number of nitrogens with zero attached hydrogens (tertiary/aromatic N) is 2. The highest BCUT2D eigenvalue weighted by atomic mass is 19.1. The molecule has 2 heterocycles. The number of para-hydroxylation sites is 1. The number of hydrogen-bond acceptors (Lipinski definition) is 3. The second-order valence-corrected chi connectivity index (χ2v) is 8.21. The van der Waals surface area contributed by atoms with Gasteiger partial charge in [0, 0.05) is 30.1 Å². The fourth-order valence-electron chi connectivity index (χ4n) is 4.29. The van der Waals surface area contributed by atoms with E-state index in [-0.39, 0.29) is 23.7 Å². The van der Waals surface area contributed by atoms with Crippen molar-refractivity contribution in [3.05, 3.63) is 77.2 Å². The number of likely N-dealkylation sites (tertiary alicyclic amines) is 1. The lowest BCUT2D eigenvalue weighted by molar-refractivity contribution is -0.126. The Kier molecular flexibility index (Phi) is 6.09. The van der Waals surface area contributed by atoms with Crippen molar-refractivity contribution in [2.45, 2.75) is 39.3 Å². The predicted octanol–water partition coefficient (Wildman–Crippen LogP) is 4.77. The van der Waals surface area contributed by atoms with E-state index in [1.54, 1.807) is 13.0 Å². The molecule has 1 fully saturated rings. The molecule has 3 aromatic rings. The summed E-state index contributed by atoms with van der Waals surface area (Å²) >= 11 is 0. The number of amides is 1. The molecule has 0 spiro atoms. The average Bonchev–Trinajstić information content (AvgIpc) is 2.79. The summed E-state index contributed by atoms with van der Waals surface area (Å²) in [5.74, 6) is -0.156. The van der Waals surface area contributed by atoms with Gasteiger partial charge in [-0.25, -0.2) is 4.39 Å². The van der Waals surface area contributed by atoms with Gasteiger partial charge in [-0.1, -0.05) is 36.4 Å². The third-order valence-corrected chi connectivity index (χ3v) is 6.27. The molecule has 1 N–H and O–H groups in total. The molecule has 4 rings (SSSR count). The van der Waals surface area contributed by atoms with Crippen molar-refractivity contribution in [2.24, 2.45) is 5.92 Å².